The van der Waals surface area contributed by atoms with E-state index in [9.17, 15) is 0 Å². The zero-order valence-electron chi connectivity index (χ0n) is 11.4. The normalized spacial score (nSPS) is 12.2. The molecule has 20 heavy (non-hydrogen) atoms. The predicted molar refractivity (Wildman–Crippen MR) is 92.4 cm³/mol. The van der Waals surface area contributed by atoms with Crippen molar-refractivity contribution in [2.75, 3.05) is 11.9 Å². The van der Waals surface area contributed by atoms with Gasteiger partial charge in [0, 0.05) is 28.1 Å². The quantitative estimate of drug-likeness (QED) is 0.587. The van der Waals surface area contributed by atoms with Crippen LogP contribution in [0.25, 0.3) is 0 Å². The average molecular weight is 373 g/mol. The molecule has 0 saturated heterocycles. The van der Waals surface area contributed by atoms with E-state index in [0.717, 1.165) is 26.6 Å². The number of nitrogens with zero attached hydrogens (tertiary/aromatic N) is 1. The van der Waals surface area contributed by atoms with Crippen LogP contribution in [0.4, 0.5) is 5.69 Å². The first-order valence-electron chi connectivity index (χ1n) is 6.35. The fourth-order valence-corrected chi connectivity index (χ4v) is 3.07. The molecule has 0 aliphatic carbocycles. The second kappa shape index (κ2) is 6.84. The summed E-state index contributed by atoms with van der Waals surface area (Å²) in [7, 11) is 2.07. The van der Waals surface area contributed by atoms with Gasteiger partial charge in [0.25, 0.3) is 0 Å². The maximum Gasteiger partial charge on any atom is 0.0511 e. The van der Waals surface area contributed by atoms with Crippen LogP contribution in [0.15, 0.2) is 42.5 Å². The molecule has 0 aromatic heterocycles. The van der Waals surface area contributed by atoms with Gasteiger partial charge in [-0.05, 0) is 42.3 Å². The molecule has 0 fully saturated rings. The number of alkyl halides is 1. The van der Waals surface area contributed by atoms with Crippen LogP contribution in [0, 0.1) is 0 Å². The summed E-state index contributed by atoms with van der Waals surface area (Å²) in [5, 5.41) is 2.31. The molecule has 1 atom stereocenters. The second-order valence-corrected chi connectivity index (χ2v) is 6.15. The minimum Gasteiger partial charge on any atom is -0.368 e. The molecule has 0 aliphatic heterocycles. The molecule has 2 aromatic carbocycles. The van der Waals surface area contributed by atoms with Gasteiger partial charge in [0.2, 0.25) is 0 Å². The third kappa shape index (κ3) is 3.49. The molecule has 0 amide bonds. The van der Waals surface area contributed by atoms with E-state index in [1.165, 1.54) is 5.56 Å². The van der Waals surface area contributed by atoms with Gasteiger partial charge in [0.05, 0.1) is 6.04 Å². The first-order valence-corrected chi connectivity index (χ1v) is 8.23. The number of benzene rings is 2. The third-order valence-corrected chi connectivity index (χ3v) is 4.73. The second-order valence-electron chi connectivity index (χ2n) is 4.75. The van der Waals surface area contributed by atoms with E-state index in [1.807, 2.05) is 18.2 Å². The van der Waals surface area contributed by atoms with Crippen LogP contribution < -0.4 is 4.90 Å². The van der Waals surface area contributed by atoms with E-state index in [1.54, 1.807) is 0 Å². The first-order chi connectivity index (χ1) is 9.52. The Kier molecular flexibility index (Phi) is 5.36. The van der Waals surface area contributed by atoms with Crippen LogP contribution in [0.3, 0.4) is 0 Å². The van der Waals surface area contributed by atoms with Crippen molar-refractivity contribution in [1.82, 2.24) is 0 Å². The van der Waals surface area contributed by atoms with Crippen LogP contribution in [-0.2, 0) is 5.33 Å². The smallest absolute Gasteiger partial charge is 0.0511 e. The molecule has 2 rings (SSSR count). The molecule has 0 bridgehead atoms. The van der Waals surface area contributed by atoms with Crippen LogP contribution in [0.1, 0.15) is 24.1 Å². The van der Waals surface area contributed by atoms with E-state index in [-0.39, 0.29) is 6.04 Å². The SMILES string of the molecule is CC(c1ccc(Cl)cc1)N(C)c1ccc(CBr)c(Cl)c1. The van der Waals surface area contributed by atoms with Gasteiger partial charge in [-0.3, -0.25) is 0 Å². The summed E-state index contributed by atoms with van der Waals surface area (Å²) in [6.45, 7) is 2.16. The predicted octanol–water partition coefficient (Wildman–Crippen LogP) is 6.09. The minimum absolute atomic E-state index is 0.248. The van der Waals surface area contributed by atoms with Gasteiger partial charge in [0.1, 0.15) is 0 Å². The molecule has 4 heteroatoms. The molecule has 0 N–H and O–H groups in total. The Hall–Kier alpha value is -0.700. The van der Waals surface area contributed by atoms with Crippen molar-refractivity contribution in [3.05, 3.63) is 63.6 Å². The van der Waals surface area contributed by atoms with Gasteiger partial charge in [-0.15, -0.1) is 0 Å². The fraction of sp³-hybridized carbons (Fsp3) is 0.250. The zero-order valence-corrected chi connectivity index (χ0v) is 14.5. The number of hydrogen-bond acceptors (Lipinski definition) is 1. The van der Waals surface area contributed by atoms with Gasteiger partial charge in [-0.2, -0.15) is 0 Å². The van der Waals surface area contributed by atoms with E-state index in [0.29, 0.717) is 0 Å². The number of rotatable bonds is 4. The molecule has 0 saturated carbocycles. The molecule has 106 valence electrons. The molecule has 2 aromatic rings. The Bertz CT molecular complexity index is 584. The molecule has 0 aliphatic rings. The summed E-state index contributed by atoms with van der Waals surface area (Å²) in [6.07, 6.45) is 0. The van der Waals surface area contributed by atoms with Crippen molar-refractivity contribution >= 4 is 44.8 Å². The lowest BCUT2D eigenvalue weighted by Crippen LogP contribution is -2.21. The Morgan fingerprint density at radius 2 is 1.75 bits per heavy atom. The molecular weight excluding hydrogens is 357 g/mol. The van der Waals surface area contributed by atoms with Crippen LogP contribution in [0.2, 0.25) is 10.0 Å². The van der Waals surface area contributed by atoms with Gasteiger partial charge in [-0.1, -0.05) is 57.3 Å². The Morgan fingerprint density at radius 3 is 2.30 bits per heavy atom. The van der Waals surface area contributed by atoms with Crippen molar-refractivity contribution in [3.63, 3.8) is 0 Å². The van der Waals surface area contributed by atoms with Crippen molar-refractivity contribution in [1.29, 1.82) is 0 Å². The van der Waals surface area contributed by atoms with Crippen molar-refractivity contribution < 1.29 is 0 Å². The Balaban J connectivity index is 2.24. The highest BCUT2D eigenvalue weighted by Gasteiger charge is 2.13. The van der Waals surface area contributed by atoms with E-state index >= 15 is 0 Å². The van der Waals surface area contributed by atoms with E-state index in [2.05, 4.69) is 59.1 Å². The molecular formula is C16H16BrCl2N. The van der Waals surface area contributed by atoms with Crippen LogP contribution in [-0.4, -0.2) is 7.05 Å². The average Bonchev–Trinajstić information content (AvgIpc) is 2.46. The highest BCUT2D eigenvalue weighted by Crippen LogP contribution is 2.30. The van der Waals surface area contributed by atoms with Gasteiger partial charge < -0.3 is 4.90 Å². The molecule has 0 radical (unpaired) electrons. The lowest BCUT2D eigenvalue weighted by Gasteiger charge is -2.28. The first kappa shape index (κ1) is 15.7. The van der Waals surface area contributed by atoms with Crippen LogP contribution in [0.5, 0.6) is 0 Å². The largest absolute Gasteiger partial charge is 0.368 e. The summed E-state index contributed by atoms with van der Waals surface area (Å²) in [5.41, 5.74) is 3.42. The number of anilines is 1. The molecule has 1 unspecified atom stereocenters. The zero-order chi connectivity index (χ0) is 14.7. The minimum atomic E-state index is 0.248. The summed E-state index contributed by atoms with van der Waals surface area (Å²) >= 11 is 15.6. The van der Waals surface area contributed by atoms with Gasteiger partial charge >= 0.3 is 0 Å². The van der Waals surface area contributed by atoms with E-state index < -0.39 is 0 Å². The highest BCUT2D eigenvalue weighted by atomic mass is 79.9. The summed E-state index contributed by atoms with van der Waals surface area (Å²) in [5.74, 6) is 0. The number of hydrogen-bond donors (Lipinski definition) is 0. The standard InChI is InChI=1S/C16H16BrCl2N/c1-11(12-3-6-14(18)7-4-12)20(2)15-8-5-13(10-17)16(19)9-15/h3-9,11H,10H2,1-2H3. The van der Waals surface area contributed by atoms with Crippen molar-refractivity contribution in [2.45, 2.75) is 18.3 Å². The molecule has 0 heterocycles. The lowest BCUT2D eigenvalue weighted by molar-refractivity contribution is 0.740. The topological polar surface area (TPSA) is 3.24 Å². The number of halogens is 3. The van der Waals surface area contributed by atoms with Crippen molar-refractivity contribution in [3.8, 4) is 0 Å². The highest BCUT2D eigenvalue weighted by molar-refractivity contribution is 9.08. The van der Waals surface area contributed by atoms with Crippen LogP contribution >= 0.6 is 39.1 Å². The lowest BCUT2D eigenvalue weighted by atomic mass is 10.1. The van der Waals surface area contributed by atoms with Gasteiger partial charge in [0.15, 0.2) is 0 Å². The fourth-order valence-electron chi connectivity index (χ4n) is 2.05. The Morgan fingerprint density at radius 1 is 1.10 bits per heavy atom. The molecule has 1 nitrogen and oxygen atoms in total. The maximum absolute atomic E-state index is 6.27. The summed E-state index contributed by atoms with van der Waals surface area (Å²) in [6, 6.07) is 14.3. The Labute approximate surface area is 138 Å². The van der Waals surface area contributed by atoms with Gasteiger partial charge in [-0.25, -0.2) is 0 Å². The monoisotopic (exact) mass is 371 g/mol. The van der Waals surface area contributed by atoms with E-state index in [4.69, 9.17) is 23.2 Å². The maximum atomic E-state index is 6.27. The molecule has 0 spiro atoms. The summed E-state index contributed by atoms with van der Waals surface area (Å²) in [4.78, 5) is 2.20. The van der Waals surface area contributed by atoms with Crippen molar-refractivity contribution in [2.24, 2.45) is 0 Å². The summed E-state index contributed by atoms with van der Waals surface area (Å²) < 4.78 is 0. The third-order valence-electron chi connectivity index (χ3n) is 3.52.